The number of hydrogen-bond acceptors (Lipinski definition) is 15. The van der Waals surface area contributed by atoms with Crippen molar-refractivity contribution in [3.63, 3.8) is 0 Å². The summed E-state index contributed by atoms with van der Waals surface area (Å²) in [7, 11) is 3.92. The highest BCUT2D eigenvalue weighted by atomic mass is 16.6. The molecule has 16 heteroatoms. The molecule has 0 radical (unpaired) electrons. The number of hydrogen-bond donors (Lipinski definition) is 4. The normalized spacial score (nSPS) is 23.7. The predicted molar refractivity (Wildman–Crippen MR) is 242 cm³/mol. The molecular weight excluding hydrogens is 843 g/mol. The average Bonchev–Trinajstić information content (AvgIpc) is 3.30. The van der Waals surface area contributed by atoms with Gasteiger partial charge in [-0.05, 0) is 95.5 Å². The fraction of sp³-hybridized carbons (Fsp3) is 0.714. The molecule has 16 nitrogen and oxygen atoms in total. The van der Waals surface area contributed by atoms with Crippen LogP contribution in [0.15, 0.2) is 48.1 Å². The molecule has 12 atom stereocenters. The van der Waals surface area contributed by atoms with Crippen molar-refractivity contribution in [2.24, 2.45) is 35.0 Å². The molecule has 2 rings (SSSR count). The number of Topliss-reactive ketones (excluding diaryl/α,β-unsaturated/α-hetero) is 3. The fourth-order valence-corrected chi connectivity index (χ4v) is 8.41. The molecule has 1 saturated heterocycles. The van der Waals surface area contributed by atoms with Gasteiger partial charge in [-0.3, -0.25) is 24.0 Å². The molecule has 1 saturated carbocycles. The third kappa shape index (κ3) is 17.0. The Morgan fingerprint density at radius 3 is 2.12 bits per heavy atom. The van der Waals surface area contributed by atoms with Gasteiger partial charge in [0.25, 0.3) is 11.7 Å². The maximum Gasteiger partial charge on any atom is 0.329 e. The largest absolute Gasteiger partial charge is 0.460 e. The molecule has 0 bridgehead atoms. The maximum atomic E-state index is 14.1. The lowest BCUT2D eigenvalue weighted by molar-refractivity contribution is -0.177. The molecule has 65 heavy (non-hydrogen) atoms. The summed E-state index contributed by atoms with van der Waals surface area (Å²) < 4.78 is 27.7. The van der Waals surface area contributed by atoms with E-state index in [-0.39, 0.29) is 42.8 Å². The number of ether oxygens (including phenoxy) is 5. The minimum Gasteiger partial charge on any atom is -0.460 e. The second kappa shape index (κ2) is 28.3. The maximum absolute atomic E-state index is 14.1. The molecule has 0 aromatic heterocycles. The zero-order chi connectivity index (χ0) is 49.0. The van der Waals surface area contributed by atoms with E-state index in [1.165, 1.54) is 21.1 Å². The number of carbonyl (C=O) groups is 6. The number of rotatable bonds is 27. The molecule has 0 aromatic rings. The van der Waals surface area contributed by atoms with Gasteiger partial charge in [-0.2, -0.15) is 0 Å². The Kier molecular flexibility index (Phi) is 24.9. The van der Waals surface area contributed by atoms with E-state index >= 15 is 0 Å². The summed E-state index contributed by atoms with van der Waals surface area (Å²) >= 11 is 0. The van der Waals surface area contributed by atoms with E-state index in [1.54, 1.807) is 26.8 Å². The van der Waals surface area contributed by atoms with E-state index in [0.717, 1.165) is 12.0 Å². The number of ketones is 3. The topological polar surface area (TPSA) is 233 Å². The number of aliphatic hydroxyl groups is 4. The number of carbonyl (C=O) groups excluding carboxylic acids is 6. The van der Waals surface area contributed by atoms with Crippen LogP contribution in [0.4, 0.5) is 0 Å². The standard InChI is InChI=1S/C49H77NO15/c1-11-12-13-14-15-18-30(2)23-33(5)41(54)44(62-9)42(55)34(6)24-31(3)37(53)27-39(64-46(58)36-19-16-17-22-50(36)45(57)43(56)47(59)63-10)32(4)25-35-20-21-38(40(26-35)61-8)65-48(60)49(7,28-51)29-52/h11-15,18,24,30-33,35-36,38-40,42,44,47,51-52,55,59H,16-17,19-23,25-29H2,1-10H3/b12-11-,14-13+,18-15-,34-24+/t30-,31+,32+,33+,35-,36-,38+,39?,40+,42+,44-,47?/m0/s1. The van der Waals surface area contributed by atoms with E-state index < -0.39 is 103 Å². The Bertz CT molecular complexity index is 1680. The molecule has 368 valence electrons. The van der Waals surface area contributed by atoms with Crippen LogP contribution in [0, 0.1) is 35.0 Å². The van der Waals surface area contributed by atoms with Crippen molar-refractivity contribution in [2.45, 2.75) is 149 Å². The van der Waals surface area contributed by atoms with Crippen LogP contribution in [0.2, 0.25) is 0 Å². The van der Waals surface area contributed by atoms with Crippen LogP contribution in [0.5, 0.6) is 0 Å². The number of amides is 1. The average molecular weight is 920 g/mol. The van der Waals surface area contributed by atoms with Gasteiger partial charge in [0.15, 0.2) is 5.78 Å². The highest BCUT2D eigenvalue weighted by Gasteiger charge is 2.43. The first kappa shape index (κ1) is 57.2. The Morgan fingerprint density at radius 1 is 0.862 bits per heavy atom. The lowest BCUT2D eigenvalue weighted by Gasteiger charge is -2.38. The highest BCUT2D eigenvalue weighted by molar-refractivity contribution is 6.37. The minimum absolute atomic E-state index is 0.0242. The van der Waals surface area contributed by atoms with E-state index in [4.69, 9.17) is 18.9 Å². The van der Waals surface area contributed by atoms with Crippen LogP contribution in [-0.4, -0.2) is 144 Å². The zero-order valence-corrected chi connectivity index (χ0v) is 40.2. The van der Waals surface area contributed by atoms with Gasteiger partial charge in [0.2, 0.25) is 6.29 Å². The fourth-order valence-electron chi connectivity index (χ4n) is 8.41. The lowest BCUT2D eigenvalue weighted by atomic mass is 9.78. The van der Waals surface area contributed by atoms with Crippen LogP contribution in [0.25, 0.3) is 0 Å². The smallest absolute Gasteiger partial charge is 0.329 e. The Labute approximate surface area is 385 Å². The van der Waals surface area contributed by atoms with Gasteiger partial charge in [-0.1, -0.05) is 70.2 Å². The Hall–Kier alpha value is -3.90. The van der Waals surface area contributed by atoms with Crippen LogP contribution < -0.4 is 0 Å². The van der Waals surface area contributed by atoms with E-state index in [2.05, 4.69) is 4.74 Å². The summed E-state index contributed by atoms with van der Waals surface area (Å²) in [5.74, 6) is -6.06. The van der Waals surface area contributed by atoms with Crippen molar-refractivity contribution < 1.29 is 72.9 Å². The van der Waals surface area contributed by atoms with Crippen molar-refractivity contribution in [1.82, 2.24) is 4.90 Å². The van der Waals surface area contributed by atoms with Crippen LogP contribution in [0.3, 0.4) is 0 Å². The Balaban J connectivity index is 2.33. The van der Waals surface area contributed by atoms with Crippen molar-refractivity contribution in [1.29, 1.82) is 0 Å². The number of piperidine rings is 1. The molecule has 2 unspecified atom stereocenters. The number of methoxy groups -OCH3 is 3. The number of aliphatic hydroxyl groups excluding tert-OH is 4. The van der Waals surface area contributed by atoms with Gasteiger partial charge >= 0.3 is 11.9 Å². The highest BCUT2D eigenvalue weighted by Crippen LogP contribution is 2.36. The van der Waals surface area contributed by atoms with E-state index in [0.29, 0.717) is 50.5 Å². The van der Waals surface area contributed by atoms with Crippen molar-refractivity contribution in [3.8, 4) is 0 Å². The third-order valence-corrected chi connectivity index (χ3v) is 12.8. The summed E-state index contributed by atoms with van der Waals surface area (Å²) in [6.07, 6.45) is 9.94. The number of esters is 2. The molecule has 1 aliphatic heterocycles. The first-order chi connectivity index (χ1) is 30.7. The van der Waals surface area contributed by atoms with Crippen molar-refractivity contribution >= 4 is 35.2 Å². The Morgan fingerprint density at radius 2 is 1.52 bits per heavy atom. The molecule has 4 N–H and O–H groups in total. The first-order valence-corrected chi connectivity index (χ1v) is 22.9. The zero-order valence-electron chi connectivity index (χ0n) is 40.2. The van der Waals surface area contributed by atoms with E-state index in [9.17, 15) is 49.2 Å². The van der Waals surface area contributed by atoms with Gasteiger partial charge < -0.3 is 49.0 Å². The second-order valence-electron chi connectivity index (χ2n) is 18.2. The van der Waals surface area contributed by atoms with E-state index in [1.807, 2.05) is 57.2 Å². The summed E-state index contributed by atoms with van der Waals surface area (Å²) in [6, 6.07) is -1.15. The SMILES string of the molecule is C\C=C/C=C/C=C\[C@H](C)C[C@@H](C)C(=O)[C@H](OC)[C@H](O)/C(C)=C/[C@@H](C)C(=O)CC(OC(=O)[C@@H]1CCCCN1C(=O)C(=O)C(O)OC)[C@H](C)C[C@@H]1CC[C@@H](OC(=O)C(C)(CO)CO)[C@H](OC)C1. The summed E-state index contributed by atoms with van der Waals surface area (Å²) in [5, 5.41) is 40.7. The van der Waals surface area contributed by atoms with Gasteiger partial charge in [0.1, 0.15) is 41.7 Å². The summed E-state index contributed by atoms with van der Waals surface area (Å²) in [4.78, 5) is 81.4. The number of allylic oxidation sites excluding steroid dienone is 7. The summed E-state index contributed by atoms with van der Waals surface area (Å²) in [6.45, 7) is 11.1. The first-order valence-electron chi connectivity index (χ1n) is 22.9. The molecule has 2 aliphatic rings. The summed E-state index contributed by atoms with van der Waals surface area (Å²) in [5.41, 5.74) is -1.13. The van der Waals surface area contributed by atoms with Gasteiger partial charge in [0, 0.05) is 46.1 Å². The molecule has 2 fully saturated rings. The van der Waals surface area contributed by atoms with Gasteiger partial charge in [-0.15, -0.1) is 0 Å². The van der Waals surface area contributed by atoms with Crippen LogP contribution >= 0.6 is 0 Å². The quantitative estimate of drug-likeness (QED) is 0.0294. The lowest BCUT2D eigenvalue weighted by Crippen LogP contribution is -2.53. The molecule has 0 aromatic carbocycles. The van der Waals surface area contributed by atoms with Gasteiger partial charge in [-0.25, -0.2) is 4.79 Å². The van der Waals surface area contributed by atoms with Crippen molar-refractivity contribution in [2.75, 3.05) is 41.1 Å². The molecule has 1 heterocycles. The second-order valence-corrected chi connectivity index (χ2v) is 18.2. The molecule has 1 amide bonds. The predicted octanol–water partition coefficient (Wildman–Crippen LogP) is 4.39. The van der Waals surface area contributed by atoms with Crippen molar-refractivity contribution in [3.05, 3.63) is 48.1 Å². The third-order valence-electron chi connectivity index (χ3n) is 12.8. The number of likely N-dealkylation sites (tertiary alicyclic amines) is 1. The molecule has 1 aliphatic carbocycles. The van der Waals surface area contributed by atoms with Crippen LogP contribution in [0.1, 0.15) is 106 Å². The van der Waals surface area contributed by atoms with Crippen LogP contribution in [-0.2, 0) is 52.5 Å². The monoisotopic (exact) mass is 920 g/mol. The van der Waals surface area contributed by atoms with Gasteiger partial charge in [0.05, 0.1) is 19.3 Å². The minimum atomic E-state index is -2.00. The molecule has 0 spiro atoms. The molecular formula is C49H77NO15. The number of nitrogens with zero attached hydrogens (tertiary/aromatic N) is 1.